The third-order valence-electron chi connectivity index (χ3n) is 4.14. The normalized spacial score (nSPS) is 18.4. The Morgan fingerprint density at radius 3 is 2.50 bits per heavy atom. The molecule has 0 saturated carbocycles. The molecule has 1 aliphatic rings. The van der Waals surface area contributed by atoms with E-state index in [0.717, 1.165) is 37.7 Å². The van der Waals surface area contributed by atoms with Crippen molar-refractivity contribution >= 4 is 0 Å². The summed E-state index contributed by atoms with van der Waals surface area (Å²) in [6.07, 6.45) is 1.21. The summed E-state index contributed by atoms with van der Waals surface area (Å²) in [5.74, 6) is 1.62. The number of aryl methyl sites for hydroxylation is 1. The minimum Gasteiger partial charge on any atom is -0.493 e. The highest BCUT2D eigenvalue weighted by Crippen LogP contribution is 2.34. The lowest BCUT2D eigenvalue weighted by atomic mass is 10.00. The van der Waals surface area contributed by atoms with Crippen molar-refractivity contribution in [3.05, 3.63) is 23.3 Å². The number of hydrogen-bond donors (Lipinski definition) is 1. The average molecular weight is 278 g/mol. The van der Waals surface area contributed by atoms with Gasteiger partial charge in [0.1, 0.15) is 0 Å². The summed E-state index contributed by atoms with van der Waals surface area (Å²) < 4.78 is 10.8. The molecule has 0 aliphatic carbocycles. The molecule has 0 radical (unpaired) electrons. The van der Waals surface area contributed by atoms with E-state index < -0.39 is 0 Å². The Kier molecular flexibility index (Phi) is 5.26. The van der Waals surface area contributed by atoms with Crippen LogP contribution in [0, 0.1) is 6.92 Å². The largest absolute Gasteiger partial charge is 0.493 e. The SMILES string of the molecule is COc1cc(C)c(C(C)N2CCCNCC2)cc1OC. The monoisotopic (exact) mass is 278 g/mol. The van der Waals surface area contributed by atoms with Crippen molar-refractivity contribution in [3.8, 4) is 11.5 Å². The van der Waals surface area contributed by atoms with Gasteiger partial charge in [0.15, 0.2) is 11.5 Å². The van der Waals surface area contributed by atoms with E-state index in [-0.39, 0.29) is 0 Å². The van der Waals surface area contributed by atoms with Gasteiger partial charge in [-0.05, 0) is 56.6 Å². The van der Waals surface area contributed by atoms with Crippen LogP contribution in [0.15, 0.2) is 12.1 Å². The summed E-state index contributed by atoms with van der Waals surface area (Å²) in [7, 11) is 3.37. The zero-order valence-corrected chi connectivity index (χ0v) is 13.0. The van der Waals surface area contributed by atoms with Gasteiger partial charge in [0, 0.05) is 19.1 Å². The van der Waals surface area contributed by atoms with Crippen molar-refractivity contribution in [2.45, 2.75) is 26.3 Å². The molecule has 0 bridgehead atoms. The quantitative estimate of drug-likeness (QED) is 0.917. The van der Waals surface area contributed by atoms with E-state index >= 15 is 0 Å². The van der Waals surface area contributed by atoms with Crippen molar-refractivity contribution in [3.63, 3.8) is 0 Å². The van der Waals surface area contributed by atoms with E-state index in [0.29, 0.717) is 6.04 Å². The van der Waals surface area contributed by atoms with Gasteiger partial charge in [-0.3, -0.25) is 4.90 Å². The molecule has 1 heterocycles. The molecular formula is C16H26N2O2. The van der Waals surface area contributed by atoms with Crippen LogP contribution in [0.25, 0.3) is 0 Å². The van der Waals surface area contributed by atoms with E-state index in [4.69, 9.17) is 9.47 Å². The number of rotatable bonds is 4. The summed E-state index contributed by atoms with van der Waals surface area (Å²) >= 11 is 0. The number of hydrogen-bond acceptors (Lipinski definition) is 4. The summed E-state index contributed by atoms with van der Waals surface area (Å²) in [6.45, 7) is 8.84. The second-order valence-electron chi connectivity index (χ2n) is 5.38. The molecule has 0 spiro atoms. The van der Waals surface area contributed by atoms with Gasteiger partial charge in [0.05, 0.1) is 14.2 Å². The first-order valence-corrected chi connectivity index (χ1v) is 7.34. The molecule has 0 amide bonds. The van der Waals surface area contributed by atoms with Crippen LogP contribution in [-0.4, -0.2) is 45.3 Å². The minimum absolute atomic E-state index is 0.398. The van der Waals surface area contributed by atoms with Gasteiger partial charge < -0.3 is 14.8 Å². The van der Waals surface area contributed by atoms with Crippen molar-refractivity contribution in [1.82, 2.24) is 10.2 Å². The van der Waals surface area contributed by atoms with Crippen LogP contribution < -0.4 is 14.8 Å². The highest BCUT2D eigenvalue weighted by atomic mass is 16.5. The molecule has 1 N–H and O–H groups in total. The molecule has 4 nitrogen and oxygen atoms in total. The summed E-state index contributed by atoms with van der Waals surface area (Å²) in [5, 5.41) is 3.45. The summed E-state index contributed by atoms with van der Waals surface area (Å²) in [4.78, 5) is 2.54. The molecule has 1 aromatic rings. The molecule has 1 saturated heterocycles. The average Bonchev–Trinajstić information content (AvgIpc) is 2.75. The molecule has 2 rings (SSSR count). The first-order valence-electron chi connectivity index (χ1n) is 7.34. The third-order valence-corrected chi connectivity index (χ3v) is 4.14. The van der Waals surface area contributed by atoms with Gasteiger partial charge in [-0.15, -0.1) is 0 Å². The van der Waals surface area contributed by atoms with Gasteiger partial charge in [-0.25, -0.2) is 0 Å². The van der Waals surface area contributed by atoms with Crippen LogP contribution in [0.1, 0.15) is 30.5 Å². The van der Waals surface area contributed by atoms with Crippen molar-refractivity contribution in [1.29, 1.82) is 0 Å². The Hall–Kier alpha value is -1.26. The Labute approximate surface area is 122 Å². The lowest BCUT2D eigenvalue weighted by Gasteiger charge is -2.29. The topological polar surface area (TPSA) is 33.7 Å². The first kappa shape index (κ1) is 15.1. The lowest BCUT2D eigenvalue weighted by molar-refractivity contribution is 0.224. The fourth-order valence-electron chi connectivity index (χ4n) is 2.90. The number of ether oxygens (including phenoxy) is 2. The van der Waals surface area contributed by atoms with E-state index in [2.05, 4.69) is 36.2 Å². The van der Waals surface area contributed by atoms with Crippen molar-refractivity contribution in [2.24, 2.45) is 0 Å². The molecule has 1 fully saturated rings. The maximum absolute atomic E-state index is 5.44. The van der Waals surface area contributed by atoms with Crippen LogP contribution >= 0.6 is 0 Å². The number of nitrogens with zero attached hydrogens (tertiary/aromatic N) is 1. The zero-order valence-electron chi connectivity index (χ0n) is 13.0. The summed E-state index contributed by atoms with van der Waals surface area (Å²) in [6, 6.07) is 4.59. The molecule has 20 heavy (non-hydrogen) atoms. The Bertz CT molecular complexity index is 440. The highest BCUT2D eigenvalue weighted by Gasteiger charge is 2.20. The number of nitrogens with one attached hydrogen (secondary N) is 1. The van der Waals surface area contributed by atoms with E-state index in [1.165, 1.54) is 17.5 Å². The molecule has 1 atom stereocenters. The Morgan fingerprint density at radius 1 is 1.10 bits per heavy atom. The maximum Gasteiger partial charge on any atom is 0.161 e. The van der Waals surface area contributed by atoms with Crippen molar-refractivity contribution in [2.75, 3.05) is 40.4 Å². The minimum atomic E-state index is 0.398. The second-order valence-corrected chi connectivity index (χ2v) is 5.38. The van der Waals surface area contributed by atoms with E-state index in [1.54, 1.807) is 14.2 Å². The molecular weight excluding hydrogens is 252 g/mol. The molecule has 1 unspecified atom stereocenters. The standard InChI is InChI=1S/C16H26N2O2/c1-12-10-15(19-3)16(20-4)11-14(12)13(2)18-8-5-6-17-7-9-18/h10-11,13,17H,5-9H2,1-4H3. The van der Waals surface area contributed by atoms with Gasteiger partial charge in [0.2, 0.25) is 0 Å². The van der Waals surface area contributed by atoms with E-state index in [9.17, 15) is 0 Å². The van der Waals surface area contributed by atoms with Crippen molar-refractivity contribution < 1.29 is 9.47 Å². The van der Waals surface area contributed by atoms with Gasteiger partial charge in [-0.1, -0.05) is 0 Å². The molecule has 112 valence electrons. The van der Waals surface area contributed by atoms with Gasteiger partial charge in [0.25, 0.3) is 0 Å². The van der Waals surface area contributed by atoms with Crippen LogP contribution in [0.5, 0.6) is 11.5 Å². The third kappa shape index (κ3) is 3.25. The fraction of sp³-hybridized carbons (Fsp3) is 0.625. The zero-order chi connectivity index (χ0) is 14.5. The Morgan fingerprint density at radius 2 is 1.80 bits per heavy atom. The van der Waals surface area contributed by atoms with Gasteiger partial charge >= 0.3 is 0 Å². The summed E-state index contributed by atoms with van der Waals surface area (Å²) in [5.41, 5.74) is 2.58. The smallest absolute Gasteiger partial charge is 0.161 e. The van der Waals surface area contributed by atoms with Crippen LogP contribution in [0.3, 0.4) is 0 Å². The Balaban J connectivity index is 2.26. The van der Waals surface area contributed by atoms with Crippen LogP contribution in [0.2, 0.25) is 0 Å². The second kappa shape index (κ2) is 6.95. The molecule has 0 aromatic heterocycles. The van der Waals surface area contributed by atoms with Crippen LogP contribution in [-0.2, 0) is 0 Å². The predicted octanol–water partition coefficient (Wildman–Crippen LogP) is 2.37. The predicted molar refractivity (Wildman–Crippen MR) is 81.8 cm³/mol. The number of benzene rings is 1. The molecule has 1 aliphatic heterocycles. The maximum atomic E-state index is 5.44. The molecule has 1 aromatic carbocycles. The van der Waals surface area contributed by atoms with E-state index in [1.807, 2.05) is 0 Å². The number of methoxy groups -OCH3 is 2. The highest BCUT2D eigenvalue weighted by molar-refractivity contribution is 5.48. The first-order chi connectivity index (χ1) is 9.67. The van der Waals surface area contributed by atoms with Crippen LogP contribution in [0.4, 0.5) is 0 Å². The lowest BCUT2D eigenvalue weighted by Crippen LogP contribution is -2.31. The molecule has 4 heteroatoms. The van der Waals surface area contributed by atoms with Gasteiger partial charge in [-0.2, -0.15) is 0 Å². The fourth-order valence-corrected chi connectivity index (χ4v) is 2.90.